The van der Waals surface area contributed by atoms with Crippen LogP contribution < -0.4 is 15.4 Å². The van der Waals surface area contributed by atoms with Gasteiger partial charge in [-0.3, -0.25) is 4.90 Å². The number of nitrogens with zero attached hydrogens (tertiary/aromatic N) is 1. The van der Waals surface area contributed by atoms with Gasteiger partial charge in [-0.1, -0.05) is 18.2 Å². The van der Waals surface area contributed by atoms with Crippen LogP contribution in [0.1, 0.15) is 11.1 Å². The summed E-state index contributed by atoms with van der Waals surface area (Å²) < 4.78 is 23.9. The van der Waals surface area contributed by atoms with E-state index in [9.17, 15) is 13.2 Å². The molecule has 2 aromatic rings. The summed E-state index contributed by atoms with van der Waals surface area (Å²) in [5.41, 5.74) is 4.06. The van der Waals surface area contributed by atoms with E-state index in [1.165, 1.54) is 6.07 Å². The van der Waals surface area contributed by atoms with Crippen LogP contribution >= 0.6 is 0 Å². The topological polar surface area (TPSA) is 92.5 Å². The molecule has 3 N–H and O–H groups in total. The quantitative estimate of drug-likeness (QED) is 0.893. The molecule has 6 nitrogen and oxygen atoms in total. The predicted octanol–water partition coefficient (Wildman–Crippen LogP) is 2.15. The Labute approximate surface area is 141 Å². The molecule has 0 radical (unpaired) electrons. The molecule has 1 heterocycles. The predicted molar refractivity (Wildman–Crippen MR) is 93.5 cm³/mol. The number of anilines is 1. The van der Waals surface area contributed by atoms with Gasteiger partial charge in [-0.15, -0.1) is 0 Å². The molecular weight excluding hydrogens is 326 g/mol. The van der Waals surface area contributed by atoms with Crippen LogP contribution in [0.15, 0.2) is 41.3 Å². The van der Waals surface area contributed by atoms with E-state index in [2.05, 4.69) is 5.32 Å². The van der Waals surface area contributed by atoms with Crippen LogP contribution in [0.25, 0.3) is 11.1 Å². The summed E-state index contributed by atoms with van der Waals surface area (Å²) >= 11 is 0. The Hall–Kier alpha value is -2.38. The summed E-state index contributed by atoms with van der Waals surface area (Å²) in [5.74, 6) is 0. The summed E-state index contributed by atoms with van der Waals surface area (Å²) in [6.45, 7) is 5.06. The van der Waals surface area contributed by atoms with Crippen molar-refractivity contribution in [2.45, 2.75) is 18.7 Å². The number of nitrogens with one attached hydrogen (secondary N) is 1. The van der Waals surface area contributed by atoms with Crippen molar-refractivity contribution in [1.82, 2.24) is 5.32 Å². The average molecular weight is 345 g/mol. The van der Waals surface area contributed by atoms with Crippen molar-refractivity contribution in [2.75, 3.05) is 18.0 Å². The van der Waals surface area contributed by atoms with Gasteiger partial charge in [-0.2, -0.15) is 0 Å². The highest BCUT2D eigenvalue weighted by molar-refractivity contribution is 7.89. The van der Waals surface area contributed by atoms with E-state index in [0.717, 1.165) is 16.7 Å². The third kappa shape index (κ3) is 3.00. The Morgan fingerprint density at radius 2 is 1.83 bits per heavy atom. The van der Waals surface area contributed by atoms with Crippen molar-refractivity contribution in [2.24, 2.45) is 5.14 Å². The van der Waals surface area contributed by atoms with Gasteiger partial charge in [0.2, 0.25) is 10.0 Å². The average Bonchev–Trinajstić information content (AvgIpc) is 2.94. The summed E-state index contributed by atoms with van der Waals surface area (Å²) in [5, 5.41) is 8.11. The molecular formula is C17H19N3O3S. The van der Waals surface area contributed by atoms with E-state index < -0.39 is 10.0 Å². The summed E-state index contributed by atoms with van der Waals surface area (Å²) in [4.78, 5) is 13.5. The van der Waals surface area contributed by atoms with E-state index in [1.54, 1.807) is 17.0 Å². The number of amides is 2. The van der Waals surface area contributed by atoms with Gasteiger partial charge in [0.05, 0.1) is 4.90 Å². The lowest BCUT2D eigenvalue weighted by Gasteiger charge is -2.17. The first-order valence-electron chi connectivity index (χ1n) is 7.57. The number of hydrogen-bond donors (Lipinski definition) is 2. The Kier molecular flexibility index (Phi) is 4.06. The monoisotopic (exact) mass is 345 g/mol. The third-order valence-corrected chi connectivity index (χ3v) is 5.23. The summed E-state index contributed by atoms with van der Waals surface area (Å²) in [6.07, 6.45) is 0. The standard InChI is InChI=1S/C17H19N3O3S/c1-11-3-4-13(9-12(11)2)15-10-14(20-8-7-19-17(20)21)5-6-16(15)24(18,22)23/h3-6,9-10H,7-8H2,1-2H3,(H,19,21)(H2,18,22,23). The van der Waals surface area contributed by atoms with E-state index >= 15 is 0 Å². The molecule has 7 heteroatoms. The molecule has 24 heavy (non-hydrogen) atoms. The lowest BCUT2D eigenvalue weighted by atomic mass is 10.00. The zero-order chi connectivity index (χ0) is 17.5. The largest absolute Gasteiger partial charge is 0.336 e. The number of carbonyl (C=O) groups is 1. The van der Waals surface area contributed by atoms with Gasteiger partial charge >= 0.3 is 6.03 Å². The maximum atomic E-state index is 12.0. The van der Waals surface area contributed by atoms with Crippen LogP contribution in [-0.4, -0.2) is 27.5 Å². The Morgan fingerprint density at radius 1 is 1.08 bits per heavy atom. The Balaban J connectivity index is 2.19. The minimum atomic E-state index is -3.88. The molecule has 0 unspecified atom stereocenters. The second-order valence-electron chi connectivity index (χ2n) is 5.91. The minimum Gasteiger partial charge on any atom is -0.336 e. The lowest BCUT2D eigenvalue weighted by Crippen LogP contribution is -2.27. The first kappa shape index (κ1) is 16.5. The SMILES string of the molecule is Cc1ccc(-c2cc(N3CCNC3=O)ccc2S(N)(=O)=O)cc1C. The number of benzene rings is 2. The molecule has 3 rings (SSSR count). The van der Waals surface area contributed by atoms with Crippen LogP contribution in [0.4, 0.5) is 10.5 Å². The van der Waals surface area contributed by atoms with Gasteiger partial charge in [0.25, 0.3) is 0 Å². The Morgan fingerprint density at radius 3 is 2.42 bits per heavy atom. The fourth-order valence-corrected chi connectivity index (χ4v) is 3.53. The van der Waals surface area contributed by atoms with E-state index in [1.807, 2.05) is 32.0 Å². The van der Waals surface area contributed by atoms with Gasteiger partial charge in [-0.05, 0) is 48.7 Å². The first-order chi connectivity index (χ1) is 11.3. The molecule has 0 aliphatic carbocycles. The number of primary sulfonamides is 1. The van der Waals surface area contributed by atoms with Crippen LogP contribution in [0, 0.1) is 13.8 Å². The molecule has 1 aliphatic heterocycles. The number of carbonyl (C=O) groups excluding carboxylic acids is 1. The number of nitrogens with two attached hydrogens (primary N) is 1. The van der Waals surface area contributed by atoms with Crippen molar-refractivity contribution >= 4 is 21.7 Å². The fourth-order valence-electron chi connectivity index (χ4n) is 2.79. The molecule has 1 fully saturated rings. The molecule has 2 aromatic carbocycles. The third-order valence-electron chi connectivity index (χ3n) is 4.26. The molecule has 0 saturated carbocycles. The number of sulfonamides is 1. The van der Waals surface area contributed by atoms with Crippen molar-refractivity contribution in [1.29, 1.82) is 0 Å². The molecule has 1 aliphatic rings. The highest BCUT2D eigenvalue weighted by Crippen LogP contribution is 2.32. The smallest absolute Gasteiger partial charge is 0.321 e. The maximum Gasteiger partial charge on any atom is 0.321 e. The van der Waals surface area contributed by atoms with E-state index in [0.29, 0.717) is 24.3 Å². The molecule has 0 bridgehead atoms. The number of hydrogen-bond acceptors (Lipinski definition) is 3. The molecule has 126 valence electrons. The Bertz CT molecular complexity index is 923. The minimum absolute atomic E-state index is 0.0501. The van der Waals surface area contributed by atoms with E-state index in [-0.39, 0.29) is 10.9 Å². The zero-order valence-corrected chi connectivity index (χ0v) is 14.4. The maximum absolute atomic E-state index is 12.0. The van der Waals surface area contributed by atoms with Crippen molar-refractivity contribution in [3.05, 3.63) is 47.5 Å². The zero-order valence-electron chi connectivity index (χ0n) is 13.5. The molecule has 2 amide bonds. The number of aryl methyl sites for hydroxylation is 2. The molecule has 0 spiro atoms. The van der Waals surface area contributed by atoms with E-state index in [4.69, 9.17) is 5.14 Å². The van der Waals surface area contributed by atoms with Crippen LogP contribution in [0.3, 0.4) is 0 Å². The van der Waals surface area contributed by atoms with Crippen molar-refractivity contribution in [3.8, 4) is 11.1 Å². The van der Waals surface area contributed by atoms with Crippen LogP contribution in [0.5, 0.6) is 0 Å². The van der Waals surface area contributed by atoms with Crippen molar-refractivity contribution in [3.63, 3.8) is 0 Å². The normalized spacial score (nSPS) is 14.8. The van der Waals surface area contributed by atoms with Gasteiger partial charge in [-0.25, -0.2) is 18.4 Å². The van der Waals surface area contributed by atoms with Gasteiger partial charge in [0, 0.05) is 24.3 Å². The van der Waals surface area contributed by atoms with Gasteiger partial charge < -0.3 is 5.32 Å². The fraction of sp³-hybridized carbons (Fsp3) is 0.235. The molecule has 1 saturated heterocycles. The highest BCUT2D eigenvalue weighted by Gasteiger charge is 2.24. The van der Waals surface area contributed by atoms with Crippen molar-refractivity contribution < 1.29 is 13.2 Å². The summed E-state index contributed by atoms with van der Waals surface area (Å²) in [6, 6.07) is 10.3. The molecule has 0 aromatic heterocycles. The van der Waals surface area contributed by atoms with Gasteiger partial charge in [0.1, 0.15) is 0 Å². The van der Waals surface area contributed by atoms with Gasteiger partial charge in [0.15, 0.2) is 0 Å². The number of rotatable bonds is 3. The second kappa shape index (κ2) is 5.92. The first-order valence-corrected chi connectivity index (χ1v) is 9.12. The lowest BCUT2D eigenvalue weighted by molar-refractivity contribution is 0.252. The number of urea groups is 1. The highest BCUT2D eigenvalue weighted by atomic mass is 32.2. The second-order valence-corrected chi connectivity index (χ2v) is 7.44. The summed E-state index contributed by atoms with van der Waals surface area (Å²) in [7, 11) is -3.88. The van der Waals surface area contributed by atoms with Crippen LogP contribution in [0.2, 0.25) is 0 Å². The van der Waals surface area contributed by atoms with Crippen LogP contribution in [-0.2, 0) is 10.0 Å². The molecule has 0 atom stereocenters.